The van der Waals surface area contributed by atoms with E-state index in [1.54, 1.807) is 0 Å². The number of anilines is 1. The van der Waals surface area contributed by atoms with Gasteiger partial charge in [-0.2, -0.15) is 5.10 Å². The van der Waals surface area contributed by atoms with E-state index in [-0.39, 0.29) is 17.4 Å². The summed E-state index contributed by atoms with van der Waals surface area (Å²) in [6, 6.07) is 5.97. The van der Waals surface area contributed by atoms with E-state index in [1.165, 1.54) is 0 Å². The van der Waals surface area contributed by atoms with Crippen LogP contribution in [0.5, 0.6) is 0 Å². The SMILES string of the molecule is Cc1nn(C(C)(C)C)c2nc(C(C)C)cc(C(=O)NCc3ccnc(N4CCN(C)CC4)c3)c12. The summed E-state index contributed by atoms with van der Waals surface area (Å²) in [5.74, 6) is 1.06. The predicted octanol–water partition coefficient (Wildman–Crippen LogP) is 3.69. The summed E-state index contributed by atoms with van der Waals surface area (Å²) in [5.41, 5.74) is 3.91. The number of hydrogen-bond acceptors (Lipinski definition) is 6. The summed E-state index contributed by atoms with van der Waals surface area (Å²) in [6.07, 6.45) is 1.83. The summed E-state index contributed by atoms with van der Waals surface area (Å²) >= 11 is 0. The lowest BCUT2D eigenvalue weighted by atomic mass is 10.0. The first-order valence-electron chi connectivity index (χ1n) is 12.1. The van der Waals surface area contributed by atoms with Crippen LogP contribution < -0.4 is 10.2 Å². The maximum absolute atomic E-state index is 13.4. The third-order valence-corrected chi connectivity index (χ3v) is 6.39. The van der Waals surface area contributed by atoms with Crippen LogP contribution in [0.25, 0.3) is 11.0 Å². The number of fused-ring (bicyclic) bond motifs is 1. The van der Waals surface area contributed by atoms with Gasteiger partial charge in [-0.1, -0.05) is 13.8 Å². The van der Waals surface area contributed by atoms with Gasteiger partial charge in [0, 0.05) is 44.6 Å². The van der Waals surface area contributed by atoms with Crippen molar-refractivity contribution in [3.63, 3.8) is 0 Å². The van der Waals surface area contributed by atoms with Gasteiger partial charge >= 0.3 is 0 Å². The first-order chi connectivity index (χ1) is 16.0. The van der Waals surface area contributed by atoms with E-state index in [4.69, 9.17) is 10.1 Å². The summed E-state index contributed by atoms with van der Waals surface area (Å²) in [7, 11) is 2.14. The molecule has 3 aromatic rings. The van der Waals surface area contributed by atoms with Crippen LogP contribution in [0.15, 0.2) is 24.4 Å². The van der Waals surface area contributed by atoms with Crippen molar-refractivity contribution in [2.75, 3.05) is 38.1 Å². The zero-order valence-electron chi connectivity index (χ0n) is 21.5. The van der Waals surface area contributed by atoms with Crippen LogP contribution in [-0.2, 0) is 12.1 Å². The van der Waals surface area contributed by atoms with E-state index in [9.17, 15) is 4.79 Å². The molecule has 1 aliphatic heterocycles. The Bertz CT molecular complexity index is 1180. The predicted molar refractivity (Wildman–Crippen MR) is 136 cm³/mol. The van der Waals surface area contributed by atoms with Crippen LogP contribution in [0.2, 0.25) is 0 Å². The number of rotatable bonds is 5. The lowest BCUT2D eigenvalue weighted by Gasteiger charge is -2.33. The molecule has 4 rings (SSSR count). The Hall–Kier alpha value is -3.00. The average molecular weight is 464 g/mol. The first kappa shape index (κ1) is 24.1. The number of nitrogens with zero attached hydrogens (tertiary/aromatic N) is 6. The number of carbonyl (C=O) groups excluding carboxylic acids is 1. The van der Waals surface area contributed by atoms with E-state index in [0.717, 1.165) is 60.0 Å². The third-order valence-electron chi connectivity index (χ3n) is 6.39. The van der Waals surface area contributed by atoms with Crippen LogP contribution >= 0.6 is 0 Å². The highest BCUT2D eigenvalue weighted by Gasteiger charge is 2.25. The number of aromatic nitrogens is 4. The minimum Gasteiger partial charge on any atom is -0.354 e. The van der Waals surface area contributed by atoms with E-state index < -0.39 is 0 Å². The highest BCUT2D eigenvalue weighted by Crippen LogP contribution is 2.29. The molecule has 0 atom stereocenters. The smallest absolute Gasteiger partial charge is 0.252 e. The van der Waals surface area contributed by atoms with Crippen LogP contribution in [0.3, 0.4) is 0 Å². The first-order valence-corrected chi connectivity index (χ1v) is 12.1. The Balaban J connectivity index is 1.60. The van der Waals surface area contributed by atoms with Crippen molar-refractivity contribution in [3.8, 4) is 0 Å². The highest BCUT2D eigenvalue weighted by molar-refractivity contribution is 6.06. The second-order valence-electron chi connectivity index (χ2n) is 10.6. The van der Waals surface area contributed by atoms with Crippen molar-refractivity contribution in [1.29, 1.82) is 0 Å². The van der Waals surface area contributed by atoms with Crippen molar-refractivity contribution >= 4 is 22.8 Å². The summed E-state index contributed by atoms with van der Waals surface area (Å²) in [5, 5.41) is 8.70. The van der Waals surface area contributed by atoms with E-state index >= 15 is 0 Å². The second-order valence-corrected chi connectivity index (χ2v) is 10.6. The van der Waals surface area contributed by atoms with Crippen LogP contribution in [0, 0.1) is 6.92 Å². The molecule has 8 nitrogen and oxygen atoms in total. The molecule has 4 heterocycles. The van der Waals surface area contributed by atoms with Gasteiger partial charge in [0.1, 0.15) is 5.82 Å². The molecule has 0 aliphatic carbocycles. The fourth-order valence-corrected chi connectivity index (χ4v) is 4.31. The van der Waals surface area contributed by atoms with Crippen molar-refractivity contribution in [2.45, 2.75) is 59.5 Å². The van der Waals surface area contributed by atoms with Crippen molar-refractivity contribution in [3.05, 3.63) is 46.9 Å². The molecular formula is C26H37N7O. The van der Waals surface area contributed by atoms with E-state index in [2.05, 4.69) is 67.8 Å². The molecule has 3 aromatic heterocycles. The molecule has 0 radical (unpaired) electrons. The molecular weight excluding hydrogens is 426 g/mol. The minimum atomic E-state index is -0.237. The van der Waals surface area contributed by atoms with Crippen LogP contribution in [0.1, 0.15) is 67.8 Å². The van der Waals surface area contributed by atoms with E-state index in [0.29, 0.717) is 12.1 Å². The molecule has 182 valence electrons. The monoisotopic (exact) mass is 463 g/mol. The van der Waals surface area contributed by atoms with Crippen molar-refractivity contribution in [1.82, 2.24) is 30.0 Å². The van der Waals surface area contributed by atoms with Gasteiger partial charge in [-0.05, 0) is 64.4 Å². The molecule has 1 amide bonds. The molecule has 0 bridgehead atoms. The van der Waals surface area contributed by atoms with Gasteiger partial charge in [-0.3, -0.25) is 4.79 Å². The lowest BCUT2D eigenvalue weighted by Crippen LogP contribution is -2.44. The summed E-state index contributed by atoms with van der Waals surface area (Å²) < 4.78 is 1.94. The number of likely N-dealkylation sites (N-methyl/N-ethyl adjacent to an activating group) is 1. The average Bonchev–Trinajstić information content (AvgIpc) is 3.14. The quantitative estimate of drug-likeness (QED) is 0.622. The highest BCUT2D eigenvalue weighted by atomic mass is 16.1. The number of pyridine rings is 2. The Morgan fingerprint density at radius 1 is 1.15 bits per heavy atom. The van der Waals surface area contributed by atoms with E-state index in [1.807, 2.05) is 29.9 Å². The molecule has 1 saturated heterocycles. The number of aryl methyl sites for hydroxylation is 1. The molecule has 1 fully saturated rings. The standard InChI is InChI=1S/C26H37N7O/c1-17(2)21-15-20(23-18(3)30-33(24(23)29-21)26(4,5)6)25(34)28-16-19-8-9-27-22(14-19)32-12-10-31(7)11-13-32/h8-9,14-15,17H,10-13,16H2,1-7H3,(H,28,34). The van der Waals surface area contributed by atoms with Gasteiger partial charge < -0.3 is 15.1 Å². The molecule has 34 heavy (non-hydrogen) atoms. The van der Waals surface area contributed by atoms with Crippen molar-refractivity contribution in [2.24, 2.45) is 0 Å². The number of amides is 1. The number of piperazine rings is 1. The molecule has 0 unspecified atom stereocenters. The summed E-state index contributed by atoms with van der Waals surface area (Å²) in [6.45, 7) is 16.9. The minimum absolute atomic E-state index is 0.108. The van der Waals surface area contributed by atoms with Crippen LogP contribution in [0.4, 0.5) is 5.82 Å². The van der Waals surface area contributed by atoms with Crippen LogP contribution in [-0.4, -0.2) is 63.8 Å². The molecule has 1 N–H and O–H groups in total. The van der Waals surface area contributed by atoms with Crippen molar-refractivity contribution < 1.29 is 4.79 Å². The van der Waals surface area contributed by atoms with Gasteiger partial charge in [-0.15, -0.1) is 0 Å². The Kier molecular flexibility index (Phi) is 6.62. The number of nitrogens with one attached hydrogen (secondary N) is 1. The fraction of sp³-hybridized carbons (Fsp3) is 0.538. The number of hydrogen-bond donors (Lipinski definition) is 1. The van der Waals surface area contributed by atoms with Gasteiger partial charge in [0.2, 0.25) is 0 Å². The second kappa shape index (κ2) is 9.33. The fourth-order valence-electron chi connectivity index (χ4n) is 4.31. The zero-order chi connectivity index (χ0) is 24.6. The third kappa shape index (κ3) is 4.92. The van der Waals surface area contributed by atoms with Gasteiger partial charge in [0.05, 0.1) is 22.2 Å². The topological polar surface area (TPSA) is 79.2 Å². The van der Waals surface area contributed by atoms with Gasteiger partial charge in [0.15, 0.2) is 5.65 Å². The van der Waals surface area contributed by atoms with Gasteiger partial charge in [0.25, 0.3) is 5.91 Å². The van der Waals surface area contributed by atoms with Gasteiger partial charge in [-0.25, -0.2) is 14.6 Å². The maximum Gasteiger partial charge on any atom is 0.252 e. The largest absolute Gasteiger partial charge is 0.354 e. The molecule has 8 heteroatoms. The Morgan fingerprint density at radius 2 is 1.85 bits per heavy atom. The molecule has 1 aliphatic rings. The Labute approximate surface area is 202 Å². The Morgan fingerprint density at radius 3 is 2.50 bits per heavy atom. The zero-order valence-corrected chi connectivity index (χ0v) is 21.5. The lowest BCUT2D eigenvalue weighted by molar-refractivity contribution is 0.0952. The summed E-state index contributed by atoms with van der Waals surface area (Å²) in [4.78, 5) is 27.5. The molecule has 0 spiro atoms. The maximum atomic E-state index is 13.4. The normalized spacial score (nSPS) is 15.4. The molecule has 0 aromatic carbocycles. The molecule has 0 saturated carbocycles. The number of carbonyl (C=O) groups is 1.